The molecule has 0 amide bonds. The first kappa shape index (κ1) is 31.4. The number of nitrogens with one attached hydrogen (secondary N) is 3. The second-order valence-corrected chi connectivity index (χ2v) is 13.9. The standard InChI is InChI=1S/C49H37N3O/c1-4-12-32(13-5-1)34-20-24-37(25-21-34)43-30-40(31-44-42-29-28-36-16-10-11-19-41(36)45(42)53-46(43)44)49-51-47(38-17-8-3-9-18-38)50-48(52-49)39-26-22-35(23-27-39)33-14-6-2-7-15-33/h1-31,47-52H. The highest BCUT2D eigenvalue weighted by Gasteiger charge is 2.31. The van der Waals surface area contributed by atoms with Crippen molar-refractivity contribution >= 4 is 32.7 Å². The zero-order chi connectivity index (χ0) is 35.1. The minimum absolute atomic E-state index is 0.0874. The lowest BCUT2D eigenvalue weighted by Crippen LogP contribution is -2.54. The fourth-order valence-electron chi connectivity index (χ4n) is 7.85. The molecule has 9 aromatic rings. The highest BCUT2D eigenvalue weighted by Crippen LogP contribution is 2.42. The summed E-state index contributed by atoms with van der Waals surface area (Å²) in [6.45, 7) is 0. The lowest BCUT2D eigenvalue weighted by Gasteiger charge is -2.40. The van der Waals surface area contributed by atoms with E-state index in [-0.39, 0.29) is 18.5 Å². The van der Waals surface area contributed by atoms with E-state index in [2.05, 4.69) is 204 Å². The van der Waals surface area contributed by atoms with E-state index in [0.717, 1.165) is 44.0 Å². The summed E-state index contributed by atoms with van der Waals surface area (Å²) in [6, 6.07) is 67.0. The SMILES string of the molecule is c1ccc(-c2ccc(-c3cc(C4NC(c5ccccc5)NC(c5ccc(-c6ccccc6)cc5)N4)cc4c3oc3c5ccccc5ccc43)cc2)cc1. The predicted molar refractivity (Wildman–Crippen MR) is 218 cm³/mol. The fraction of sp³-hybridized carbons (Fsp3) is 0.0612. The molecule has 1 aromatic heterocycles. The van der Waals surface area contributed by atoms with Crippen LogP contribution in [0.1, 0.15) is 35.2 Å². The maximum absolute atomic E-state index is 6.88. The van der Waals surface area contributed by atoms with Gasteiger partial charge in [0.15, 0.2) is 0 Å². The molecule has 3 unspecified atom stereocenters. The molecule has 53 heavy (non-hydrogen) atoms. The molecule has 1 aliphatic rings. The van der Waals surface area contributed by atoms with Gasteiger partial charge in [0.25, 0.3) is 0 Å². The van der Waals surface area contributed by atoms with Crippen LogP contribution in [0.2, 0.25) is 0 Å². The van der Waals surface area contributed by atoms with Crippen LogP contribution in [0.15, 0.2) is 192 Å². The van der Waals surface area contributed by atoms with Gasteiger partial charge in [0.2, 0.25) is 0 Å². The Labute approximate surface area is 308 Å². The molecule has 4 nitrogen and oxygen atoms in total. The molecule has 1 saturated heterocycles. The van der Waals surface area contributed by atoms with Crippen LogP contribution in [-0.2, 0) is 0 Å². The fourth-order valence-corrected chi connectivity index (χ4v) is 7.85. The van der Waals surface area contributed by atoms with Crippen molar-refractivity contribution in [3.8, 4) is 33.4 Å². The lowest BCUT2D eigenvalue weighted by atomic mass is 9.95. The molecule has 1 aliphatic heterocycles. The zero-order valence-electron chi connectivity index (χ0n) is 29.0. The van der Waals surface area contributed by atoms with Gasteiger partial charge in [-0.15, -0.1) is 0 Å². The number of furan rings is 1. The van der Waals surface area contributed by atoms with Crippen LogP contribution < -0.4 is 16.0 Å². The van der Waals surface area contributed by atoms with Crippen LogP contribution in [0.3, 0.4) is 0 Å². The van der Waals surface area contributed by atoms with Crippen molar-refractivity contribution in [1.29, 1.82) is 0 Å². The summed E-state index contributed by atoms with van der Waals surface area (Å²) in [5.41, 5.74) is 12.3. The molecular formula is C49H37N3O. The van der Waals surface area contributed by atoms with Crippen molar-refractivity contribution in [2.75, 3.05) is 0 Å². The lowest BCUT2D eigenvalue weighted by molar-refractivity contribution is 0.203. The largest absolute Gasteiger partial charge is 0.455 e. The Morgan fingerprint density at radius 1 is 0.321 bits per heavy atom. The predicted octanol–water partition coefficient (Wildman–Crippen LogP) is 11.9. The van der Waals surface area contributed by atoms with Gasteiger partial charge < -0.3 is 4.42 Å². The van der Waals surface area contributed by atoms with Crippen LogP contribution >= 0.6 is 0 Å². The quantitative estimate of drug-likeness (QED) is 0.163. The summed E-state index contributed by atoms with van der Waals surface area (Å²) in [5, 5.41) is 16.2. The van der Waals surface area contributed by atoms with Crippen molar-refractivity contribution in [1.82, 2.24) is 16.0 Å². The van der Waals surface area contributed by atoms with Crippen LogP contribution in [0.5, 0.6) is 0 Å². The molecule has 3 N–H and O–H groups in total. The van der Waals surface area contributed by atoms with E-state index in [4.69, 9.17) is 4.42 Å². The third-order valence-corrected chi connectivity index (χ3v) is 10.6. The first-order valence-corrected chi connectivity index (χ1v) is 18.3. The van der Waals surface area contributed by atoms with Gasteiger partial charge in [0.1, 0.15) is 11.2 Å². The topological polar surface area (TPSA) is 49.2 Å². The highest BCUT2D eigenvalue weighted by atomic mass is 16.3. The van der Waals surface area contributed by atoms with E-state index in [0.29, 0.717) is 0 Å². The van der Waals surface area contributed by atoms with Crippen LogP contribution in [-0.4, -0.2) is 0 Å². The van der Waals surface area contributed by atoms with Crippen molar-refractivity contribution < 1.29 is 4.42 Å². The number of fused-ring (bicyclic) bond motifs is 5. The van der Waals surface area contributed by atoms with Gasteiger partial charge in [-0.05, 0) is 68.1 Å². The average Bonchev–Trinajstić information content (AvgIpc) is 3.64. The monoisotopic (exact) mass is 683 g/mol. The molecule has 8 aromatic carbocycles. The normalized spacial score (nSPS) is 17.4. The van der Waals surface area contributed by atoms with E-state index in [1.54, 1.807) is 0 Å². The second-order valence-electron chi connectivity index (χ2n) is 13.9. The maximum atomic E-state index is 6.88. The van der Waals surface area contributed by atoms with Gasteiger partial charge in [-0.25, -0.2) is 0 Å². The Morgan fingerprint density at radius 3 is 1.45 bits per heavy atom. The first-order valence-electron chi connectivity index (χ1n) is 18.3. The van der Waals surface area contributed by atoms with Crippen molar-refractivity contribution in [2.45, 2.75) is 18.5 Å². The number of hydrogen-bond donors (Lipinski definition) is 3. The van der Waals surface area contributed by atoms with Gasteiger partial charge in [-0.1, -0.05) is 170 Å². The Balaban J connectivity index is 1.11. The van der Waals surface area contributed by atoms with Gasteiger partial charge in [-0.3, -0.25) is 16.0 Å². The zero-order valence-corrected chi connectivity index (χ0v) is 29.0. The van der Waals surface area contributed by atoms with Gasteiger partial charge in [-0.2, -0.15) is 0 Å². The van der Waals surface area contributed by atoms with Crippen molar-refractivity contribution in [3.63, 3.8) is 0 Å². The summed E-state index contributed by atoms with van der Waals surface area (Å²) in [5.74, 6) is 0. The van der Waals surface area contributed by atoms with Crippen molar-refractivity contribution in [3.05, 3.63) is 205 Å². The number of hydrogen-bond acceptors (Lipinski definition) is 4. The van der Waals surface area contributed by atoms with Crippen molar-refractivity contribution in [2.24, 2.45) is 0 Å². The molecule has 0 radical (unpaired) electrons. The molecule has 254 valence electrons. The summed E-state index contributed by atoms with van der Waals surface area (Å²) in [7, 11) is 0. The second kappa shape index (κ2) is 13.4. The Hall–Kier alpha value is -6.30. The molecule has 4 heteroatoms. The molecular weight excluding hydrogens is 647 g/mol. The third-order valence-electron chi connectivity index (χ3n) is 10.6. The van der Waals surface area contributed by atoms with Crippen LogP contribution in [0.25, 0.3) is 66.1 Å². The molecule has 0 bridgehead atoms. The van der Waals surface area contributed by atoms with Gasteiger partial charge >= 0.3 is 0 Å². The van der Waals surface area contributed by atoms with E-state index in [1.807, 2.05) is 0 Å². The molecule has 3 atom stereocenters. The van der Waals surface area contributed by atoms with E-state index in [9.17, 15) is 0 Å². The Bertz CT molecular complexity index is 2690. The van der Waals surface area contributed by atoms with E-state index >= 15 is 0 Å². The minimum atomic E-state index is -0.169. The van der Waals surface area contributed by atoms with Gasteiger partial charge in [0, 0.05) is 21.7 Å². The molecule has 0 aliphatic carbocycles. The van der Waals surface area contributed by atoms with E-state index in [1.165, 1.54) is 38.8 Å². The molecule has 2 heterocycles. The Kier molecular flexibility index (Phi) is 7.92. The summed E-state index contributed by atoms with van der Waals surface area (Å²) in [4.78, 5) is 0. The average molecular weight is 684 g/mol. The third kappa shape index (κ3) is 5.89. The smallest absolute Gasteiger partial charge is 0.143 e. The van der Waals surface area contributed by atoms with E-state index < -0.39 is 0 Å². The molecule has 0 spiro atoms. The maximum Gasteiger partial charge on any atom is 0.143 e. The number of rotatable bonds is 6. The highest BCUT2D eigenvalue weighted by molar-refractivity contribution is 6.17. The Morgan fingerprint density at radius 2 is 0.811 bits per heavy atom. The van der Waals surface area contributed by atoms with Gasteiger partial charge in [0.05, 0.1) is 18.5 Å². The number of benzene rings is 8. The van der Waals surface area contributed by atoms with Crippen LogP contribution in [0, 0.1) is 0 Å². The molecule has 1 fully saturated rings. The summed E-state index contributed by atoms with van der Waals surface area (Å²) < 4.78 is 6.88. The first-order chi connectivity index (χ1) is 26.2. The summed E-state index contributed by atoms with van der Waals surface area (Å²) >= 11 is 0. The minimum Gasteiger partial charge on any atom is -0.455 e. The van der Waals surface area contributed by atoms with Crippen LogP contribution in [0.4, 0.5) is 0 Å². The summed E-state index contributed by atoms with van der Waals surface area (Å²) in [6.07, 6.45) is -0.362. The molecule has 10 rings (SSSR count). The molecule has 0 saturated carbocycles.